The molecule has 0 aliphatic heterocycles. The lowest BCUT2D eigenvalue weighted by Gasteiger charge is -2.26. The van der Waals surface area contributed by atoms with Crippen molar-refractivity contribution < 1.29 is 8.83 Å². The van der Waals surface area contributed by atoms with Crippen LogP contribution in [0.2, 0.25) is 0 Å². The summed E-state index contributed by atoms with van der Waals surface area (Å²) < 4.78 is 15.3. The van der Waals surface area contributed by atoms with Crippen LogP contribution >= 0.6 is 11.3 Å². The normalized spacial score (nSPS) is 11.8. The number of aromatic nitrogens is 1. The molecule has 5 heteroatoms. The van der Waals surface area contributed by atoms with Gasteiger partial charge in [0.2, 0.25) is 5.89 Å². The first kappa shape index (κ1) is 27.0. The lowest BCUT2D eigenvalue weighted by molar-refractivity contribution is 0.620. The zero-order valence-electron chi connectivity index (χ0n) is 25.6. The number of fused-ring (bicyclic) bond motifs is 7. The van der Waals surface area contributed by atoms with Gasteiger partial charge in [-0.1, -0.05) is 78.9 Å². The monoisotopic (exact) mass is 634 g/mol. The van der Waals surface area contributed by atoms with Crippen molar-refractivity contribution in [1.29, 1.82) is 0 Å². The third kappa shape index (κ3) is 4.40. The van der Waals surface area contributed by atoms with Crippen molar-refractivity contribution in [2.45, 2.75) is 0 Å². The number of nitrogens with zero attached hydrogens (tertiary/aromatic N) is 2. The summed E-state index contributed by atoms with van der Waals surface area (Å²) in [5.41, 5.74) is 9.61. The summed E-state index contributed by atoms with van der Waals surface area (Å²) in [6.07, 6.45) is 0. The molecule has 0 radical (unpaired) electrons. The second kappa shape index (κ2) is 10.7. The second-order valence-electron chi connectivity index (χ2n) is 12.0. The fraction of sp³-hybridized carbons (Fsp3) is 0. The first-order chi connectivity index (χ1) is 23.7. The van der Waals surface area contributed by atoms with Gasteiger partial charge < -0.3 is 13.7 Å². The highest BCUT2D eigenvalue weighted by atomic mass is 32.1. The van der Waals surface area contributed by atoms with E-state index in [4.69, 9.17) is 13.8 Å². The summed E-state index contributed by atoms with van der Waals surface area (Å²) in [4.78, 5) is 7.08. The molecule has 0 fully saturated rings. The highest BCUT2D eigenvalue weighted by Gasteiger charge is 2.19. The van der Waals surface area contributed by atoms with E-state index in [0.29, 0.717) is 5.89 Å². The van der Waals surface area contributed by atoms with E-state index >= 15 is 0 Å². The summed E-state index contributed by atoms with van der Waals surface area (Å²) in [6.45, 7) is 0. The Morgan fingerprint density at radius 2 is 1.06 bits per heavy atom. The van der Waals surface area contributed by atoms with Crippen LogP contribution in [0.25, 0.3) is 75.8 Å². The molecule has 0 aliphatic rings. The molecular formula is C43H26N2O2S. The highest BCUT2D eigenvalue weighted by Crippen LogP contribution is 2.43. The lowest BCUT2D eigenvalue weighted by Crippen LogP contribution is -2.09. The summed E-state index contributed by atoms with van der Waals surface area (Å²) in [5.74, 6) is 0.606. The van der Waals surface area contributed by atoms with Gasteiger partial charge in [0, 0.05) is 65.7 Å². The Kier molecular flexibility index (Phi) is 6.01. The summed E-state index contributed by atoms with van der Waals surface area (Å²) in [5, 5.41) is 4.57. The van der Waals surface area contributed by atoms with E-state index in [-0.39, 0.29) is 0 Å². The number of rotatable bonds is 5. The molecule has 10 rings (SSSR count). The van der Waals surface area contributed by atoms with Gasteiger partial charge in [-0.15, -0.1) is 11.3 Å². The molecule has 0 N–H and O–H groups in total. The number of furan rings is 1. The predicted octanol–water partition coefficient (Wildman–Crippen LogP) is 12.9. The molecule has 7 aromatic carbocycles. The van der Waals surface area contributed by atoms with Crippen LogP contribution in [0.4, 0.5) is 17.1 Å². The molecule has 0 saturated heterocycles. The van der Waals surface area contributed by atoms with Gasteiger partial charge in [-0.05, 0) is 77.9 Å². The van der Waals surface area contributed by atoms with Crippen LogP contribution in [0.1, 0.15) is 0 Å². The van der Waals surface area contributed by atoms with Crippen LogP contribution in [0.15, 0.2) is 167 Å². The van der Waals surface area contributed by atoms with Crippen LogP contribution in [0.5, 0.6) is 0 Å². The Bertz CT molecular complexity index is 2780. The smallest absolute Gasteiger partial charge is 0.227 e. The summed E-state index contributed by atoms with van der Waals surface area (Å²) in [7, 11) is 0. The fourth-order valence-electron chi connectivity index (χ4n) is 6.76. The standard InChI is InChI=1S/C43H26N2O2S/c1-3-9-27(10-4-1)28-15-17-30(18-16-28)45(31-20-22-42-36(23-31)34-13-7-8-14-41(34)48-42)32-19-21-33-35-25-40-37(26-39(35)46-38(33)24-32)44-43(47-40)29-11-5-2-6-12-29/h1-26H. The molecular weight excluding hydrogens is 609 g/mol. The maximum atomic E-state index is 6.52. The quantitative estimate of drug-likeness (QED) is 0.189. The zero-order valence-corrected chi connectivity index (χ0v) is 26.4. The summed E-state index contributed by atoms with van der Waals surface area (Å²) >= 11 is 1.83. The van der Waals surface area contributed by atoms with E-state index in [0.717, 1.165) is 55.7 Å². The Morgan fingerprint density at radius 3 is 1.90 bits per heavy atom. The number of anilines is 3. The van der Waals surface area contributed by atoms with Crippen molar-refractivity contribution in [2.24, 2.45) is 0 Å². The average molecular weight is 635 g/mol. The molecule has 3 aromatic heterocycles. The topological polar surface area (TPSA) is 42.4 Å². The fourth-order valence-corrected chi connectivity index (χ4v) is 7.85. The SMILES string of the molecule is c1ccc(-c2ccc(N(c3ccc4c(c3)oc3cc5nc(-c6ccccc6)oc5cc34)c3ccc4sc5ccccc5c4c3)cc2)cc1. The summed E-state index contributed by atoms with van der Waals surface area (Å²) in [6, 6.07) is 55.2. The first-order valence-corrected chi connectivity index (χ1v) is 16.8. The van der Waals surface area contributed by atoms with Crippen molar-refractivity contribution in [2.75, 3.05) is 4.90 Å². The van der Waals surface area contributed by atoms with Gasteiger partial charge in [0.15, 0.2) is 5.58 Å². The number of benzene rings is 7. The average Bonchev–Trinajstić information content (AvgIpc) is 3.84. The molecule has 10 aromatic rings. The molecule has 3 heterocycles. The van der Waals surface area contributed by atoms with Crippen LogP contribution < -0.4 is 4.90 Å². The number of hydrogen-bond acceptors (Lipinski definition) is 5. The maximum Gasteiger partial charge on any atom is 0.227 e. The van der Waals surface area contributed by atoms with E-state index < -0.39 is 0 Å². The van der Waals surface area contributed by atoms with Gasteiger partial charge in [0.05, 0.1) is 0 Å². The second-order valence-corrected chi connectivity index (χ2v) is 13.1. The molecule has 0 spiro atoms. The molecule has 4 nitrogen and oxygen atoms in total. The minimum atomic E-state index is 0.606. The van der Waals surface area contributed by atoms with Gasteiger partial charge in [-0.2, -0.15) is 0 Å². The molecule has 0 atom stereocenters. The minimum Gasteiger partial charge on any atom is -0.456 e. The predicted molar refractivity (Wildman–Crippen MR) is 200 cm³/mol. The zero-order chi connectivity index (χ0) is 31.6. The Hall–Kier alpha value is -6.17. The van der Waals surface area contributed by atoms with Crippen LogP contribution in [-0.4, -0.2) is 4.98 Å². The van der Waals surface area contributed by atoms with E-state index in [2.05, 4.69) is 114 Å². The molecule has 0 aliphatic carbocycles. The molecule has 226 valence electrons. The van der Waals surface area contributed by atoms with Gasteiger partial charge in [0.25, 0.3) is 0 Å². The van der Waals surface area contributed by atoms with Crippen molar-refractivity contribution in [3.8, 4) is 22.6 Å². The largest absolute Gasteiger partial charge is 0.456 e. The number of hydrogen-bond donors (Lipinski definition) is 0. The van der Waals surface area contributed by atoms with Crippen LogP contribution in [0, 0.1) is 0 Å². The highest BCUT2D eigenvalue weighted by molar-refractivity contribution is 7.25. The van der Waals surface area contributed by atoms with Gasteiger partial charge in [-0.25, -0.2) is 4.98 Å². The number of oxazole rings is 1. The van der Waals surface area contributed by atoms with E-state index in [1.165, 1.54) is 31.3 Å². The Balaban J connectivity index is 1.12. The van der Waals surface area contributed by atoms with E-state index in [9.17, 15) is 0 Å². The van der Waals surface area contributed by atoms with Crippen molar-refractivity contribution in [3.63, 3.8) is 0 Å². The first-order valence-electron chi connectivity index (χ1n) is 15.9. The lowest BCUT2D eigenvalue weighted by atomic mass is 10.0. The Labute approximate surface area is 279 Å². The van der Waals surface area contributed by atoms with Gasteiger partial charge >= 0.3 is 0 Å². The van der Waals surface area contributed by atoms with E-state index in [1.807, 2.05) is 59.9 Å². The van der Waals surface area contributed by atoms with Crippen LogP contribution in [-0.2, 0) is 0 Å². The van der Waals surface area contributed by atoms with Crippen molar-refractivity contribution in [3.05, 3.63) is 158 Å². The third-order valence-electron chi connectivity index (χ3n) is 9.10. The van der Waals surface area contributed by atoms with Crippen molar-refractivity contribution in [1.82, 2.24) is 4.98 Å². The number of thiophene rings is 1. The molecule has 48 heavy (non-hydrogen) atoms. The van der Waals surface area contributed by atoms with E-state index in [1.54, 1.807) is 0 Å². The van der Waals surface area contributed by atoms with Gasteiger partial charge in [-0.3, -0.25) is 0 Å². The van der Waals surface area contributed by atoms with Crippen LogP contribution in [0.3, 0.4) is 0 Å². The third-order valence-corrected chi connectivity index (χ3v) is 10.2. The molecule has 0 unspecified atom stereocenters. The molecule has 0 bridgehead atoms. The Morgan fingerprint density at radius 1 is 0.417 bits per heavy atom. The minimum absolute atomic E-state index is 0.606. The molecule has 0 amide bonds. The molecule has 0 saturated carbocycles. The van der Waals surface area contributed by atoms with Crippen molar-refractivity contribution >= 4 is 81.6 Å². The van der Waals surface area contributed by atoms with Gasteiger partial charge in [0.1, 0.15) is 16.7 Å². The maximum absolute atomic E-state index is 6.52.